The molecular weight excluding hydrogens is 234 g/mol. The minimum absolute atomic E-state index is 0.0952. The van der Waals surface area contributed by atoms with Gasteiger partial charge in [-0.2, -0.15) is 0 Å². The van der Waals surface area contributed by atoms with Crippen LogP contribution in [0.5, 0.6) is 0 Å². The van der Waals surface area contributed by atoms with Gasteiger partial charge in [-0.05, 0) is 29.2 Å². The molecule has 2 rings (SSSR count). The molecule has 0 aliphatic heterocycles. The van der Waals surface area contributed by atoms with Crippen molar-refractivity contribution < 1.29 is 5.11 Å². The van der Waals surface area contributed by atoms with Gasteiger partial charge in [0.15, 0.2) is 0 Å². The van der Waals surface area contributed by atoms with E-state index in [0.717, 1.165) is 27.1 Å². The zero-order valence-corrected chi connectivity index (χ0v) is 10.8. The number of aliphatic hydroxyl groups excluding tert-OH is 1. The molecule has 0 bridgehead atoms. The molecule has 90 valence electrons. The molecule has 0 aliphatic carbocycles. The van der Waals surface area contributed by atoms with Crippen LogP contribution in [0.4, 0.5) is 0 Å². The number of benzene rings is 1. The zero-order chi connectivity index (χ0) is 12.4. The molecule has 0 fully saturated rings. The Morgan fingerprint density at radius 1 is 1.47 bits per heavy atom. The Balaban J connectivity index is 2.49. The van der Waals surface area contributed by atoms with Gasteiger partial charge in [0.1, 0.15) is 0 Å². The highest BCUT2D eigenvalue weighted by molar-refractivity contribution is 6.31. The molecule has 0 spiro atoms. The van der Waals surface area contributed by atoms with Gasteiger partial charge in [0.2, 0.25) is 0 Å². The van der Waals surface area contributed by atoms with E-state index in [-0.39, 0.29) is 6.61 Å². The largest absolute Gasteiger partial charge is 0.392 e. The number of hydrogen-bond acceptors (Lipinski definition) is 1. The van der Waals surface area contributed by atoms with Crippen LogP contribution in [0, 0.1) is 5.92 Å². The van der Waals surface area contributed by atoms with E-state index in [4.69, 9.17) is 11.6 Å². The van der Waals surface area contributed by atoms with Gasteiger partial charge in [-0.15, -0.1) is 0 Å². The second kappa shape index (κ2) is 4.94. The number of H-pyrrole nitrogens is 1. The van der Waals surface area contributed by atoms with Crippen molar-refractivity contribution in [2.24, 2.45) is 5.92 Å². The molecular formula is C14H16ClNO. The Labute approximate surface area is 106 Å². The van der Waals surface area contributed by atoms with Gasteiger partial charge in [-0.25, -0.2) is 0 Å². The SMILES string of the molecule is CC(C)/C(=C/c1c[nH]c2cc(Cl)ccc12)CO. The number of aliphatic hydroxyl groups is 1. The zero-order valence-electron chi connectivity index (χ0n) is 10.00. The van der Waals surface area contributed by atoms with Gasteiger partial charge < -0.3 is 10.1 Å². The highest BCUT2D eigenvalue weighted by atomic mass is 35.5. The first-order valence-corrected chi connectivity index (χ1v) is 6.07. The van der Waals surface area contributed by atoms with E-state index >= 15 is 0 Å². The van der Waals surface area contributed by atoms with Crippen LogP contribution in [0.3, 0.4) is 0 Å². The maximum atomic E-state index is 9.31. The first kappa shape index (κ1) is 12.2. The van der Waals surface area contributed by atoms with Gasteiger partial charge in [0.05, 0.1) is 6.61 Å². The average molecular weight is 250 g/mol. The Hall–Kier alpha value is -1.25. The fourth-order valence-electron chi connectivity index (χ4n) is 1.83. The number of fused-ring (bicyclic) bond motifs is 1. The summed E-state index contributed by atoms with van der Waals surface area (Å²) in [6.07, 6.45) is 3.98. The molecule has 3 heteroatoms. The van der Waals surface area contributed by atoms with Crippen molar-refractivity contribution in [2.45, 2.75) is 13.8 Å². The predicted molar refractivity (Wildman–Crippen MR) is 73.2 cm³/mol. The summed E-state index contributed by atoms with van der Waals surface area (Å²) in [6, 6.07) is 5.78. The predicted octanol–water partition coefficient (Wildman–Crippen LogP) is 3.85. The van der Waals surface area contributed by atoms with Crippen LogP contribution in [-0.2, 0) is 0 Å². The lowest BCUT2D eigenvalue weighted by Gasteiger charge is -2.07. The summed E-state index contributed by atoms with van der Waals surface area (Å²) in [4.78, 5) is 3.19. The van der Waals surface area contributed by atoms with Crippen molar-refractivity contribution in [3.63, 3.8) is 0 Å². The summed E-state index contributed by atoms with van der Waals surface area (Å²) in [6.45, 7) is 4.25. The summed E-state index contributed by atoms with van der Waals surface area (Å²) in [5.74, 6) is 0.345. The molecule has 1 aromatic carbocycles. The molecule has 2 N–H and O–H groups in total. The first-order chi connectivity index (χ1) is 8.11. The molecule has 2 nitrogen and oxygen atoms in total. The van der Waals surface area contributed by atoms with Crippen molar-refractivity contribution in [3.05, 3.63) is 40.6 Å². The van der Waals surface area contributed by atoms with E-state index in [1.54, 1.807) is 0 Å². The van der Waals surface area contributed by atoms with Crippen LogP contribution in [0.2, 0.25) is 5.02 Å². The topological polar surface area (TPSA) is 36.0 Å². The van der Waals surface area contributed by atoms with Crippen molar-refractivity contribution in [3.8, 4) is 0 Å². The van der Waals surface area contributed by atoms with E-state index in [1.165, 1.54) is 0 Å². The molecule has 0 radical (unpaired) electrons. The molecule has 0 saturated heterocycles. The van der Waals surface area contributed by atoms with E-state index in [1.807, 2.05) is 30.5 Å². The van der Waals surface area contributed by atoms with Gasteiger partial charge in [0.25, 0.3) is 0 Å². The van der Waals surface area contributed by atoms with E-state index < -0.39 is 0 Å². The lowest BCUT2D eigenvalue weighted by molar-refractivity contribution is 0.320. The van der Waals surface area contributed by atoms with Crippen LogP contribution in [-0.4, -0.2) is 16.7 Å². The highest BCUT2D eigenvalue weighted by Crippen LogP contribution is 2.25. The fraction of sp³-hybridized carbons (Fsp3) is 0.286. The van der Waals surface area contributed by atoms with E-state index in [2.05, 4.69) is 18.8 Å². The van der Waals surface area contributed by atoms with Crippen molar-refractivity contribution >= 4 is 28.6 Å². The van der Waals surface area contributed by atoms with Crippen LogP contribution in [0.1, 0.15) is 19.4 Å². The number of aromatic nitrogens is 1. The summed E-state index contributed by atoms with van der Waals surface area (Å²) in [7, 11) is 0. The molecule has 0 atom stereocenters. The molecule has 1 aromatic heterocycles. The minimum atomic E-state index is 0.0952. The maximum Gasteiger partial charge on any atom is 0.0647 e. The van der Waals surface area contributed by atoms with Gasteiger partial charge in [0, 0.05) is 22.1 Å². The molecule has 17 heavy (non-hydrogen) atoms. The molecule has 0 amide bonds. The number of rotatable bonds is 3. The Bertz CT molecular complexity index is 554. The molecule has 2 aromatic rings. The lowest BCUT2D eigenvalue weighted by atomic mass is 10.0. The smallest absolute Gasteiger partial charge is 0.0647 e. The Morgan fingerprint density at radius 3 is 2.88 bits per heavy atom. The second-order valence-electron chi connectivity index (χ2n) is 4.47. The summed E-state index contributed by atoms with van der Waals surface area (Å²) >= 11 is 5.94. The number of hydrogen-bond donors (Lipinski definition) is 2. The molecule has 0 unspecified atom stereocenters. The van der Waals surface area contributed by atoms with Crippen molar-refractivity contribution in [1.82, 2.24) is 4.98 Å². The number of nitrogens with one attached hydrogen (secondary N) is 1. The molecule has 0 saturated carbocycles. The van der Waals surface area contributed by atoms with Gasteiger partial charge >= 0.3 is 0 Å². The van der Waals surface area contributed by atoms with E-state index in [9.17, 15) is 5.11 Å². The van der Waals surface area contributed by atoms with Gasteiger partial charge in [-0.3, -0.25) is 0 Å². The second-order valence-corrected chi connectivity index (χ2v) is 4.90. The van der Waals surface area contributed by atoms with Gasteiger partial charge in [-0.1, -0.05) is 37.6 Å². The van der Waals surface area contributed by atoms with Crippen LogP contribution < -0.4 is 0 Å². The quantitative estimate of drug-likeness (QED) is 0.852. The maximum absolute atomic E-state index is 9.31. The standard InChI is InChI=1S/C14H16ClNO/c1-9(2)11(8-17)5-10-7-16-14-6-12(15)3-4-13(10)14/h3-7,9,16-17H,8H2,1-2H3/b11-5+. The first-order valence-electron chi connectivity index (χ1n) is 5.69. The molecule has 0 aliphatic rings. The van der Waals surface area contributed by atoms with Crippen LogP contribution in [0.15, 0.2) is 30.0 Å². The van der Waals surface area contributed by atoms with Crippen molar-refractivity contribution in [2.75, 3.05) is 6.61 Å². The monoisotopic (exact) mass is 249 g/mol. The number of aromatic amines is 1. The Kier molecular flexibility index (Phi) is 3.55. The van der Waals surface area contributed by atoms with Crippen LogP contribution in [0.25, 0.3) is 17.0 Å². The van der Waals surface area contributed by atoms with Crippen LogP contribution >= 0.6 is 11.6 Å². The summed E-state index contributed by atoms with van der Waals surface area (Å²) in [5, 5.41) is 11.2. The van der Waals surface area contributed by atoms with Crippen molar-refractivity contribution in [1.29, 1.82) is 0 Å². The van der Waals surface area contributed by atoms with E-state index in [0.29, 0.717) is 5.92 Å². The fourth-order valence-corrected chi connectivity index (χ4v) is 2.01. The molecule has 1 heterocycles. The summed E-state index contributed by atoms with van der Waals surface area (Å²) in [5.41, 5.74) is 3.14. The third-order valence-corrected chi connectivity index (χ3v) is 3.18. The highest BCUT2D eigenvalue weighted by Gasteiger charge is 2.06. The summed E-state index contributed by atoms with van der Waals surface area (Å²) < 4.78 is 0. The third kappa shape index (κ3) is 2.54. The number of halogens is 1. The third-order valence-electron chi connectivity index (χ3n) is 2.94. The lowest BCUT2D eigenvalue weighted by Crippen LogP contribution is -1.98. The normalized spacial score (nSPS) is 12.6. The average Bonchev–Trinajstić information content (AvgIpc) is 2.67. The Morgan fingerprint density at radius 2 is 2.24 bits per heavy atom. The minimum Gasteiger partial charge on any atom is -0.392 e.